The molecule has 2 aromatic rings. The molecule has 1 atom stereocenters. The Morgan fingerprint density at radius 2 is 2.00 bits per heavy atom. The number of aliphatic carboxylic acids is 1. The van der Waals surface area contributed by atoms with Gasteiger partial charge in [0.05, 0.1) is 17.8 Å². The van der Waals surface area contributed by atoms with Gasteiger partial charge in [0, 0.05) is 12.5 Å². The van der Waals surface area contributed by atoms with Crippen LogP contribution in [0.4, 0.5) is 23.4 Å². The van der Waals surface area contributed by atoms with Crippen molar-refractivity contribution in [1.82, 2.24) is 15.1 Å². The number of hydrogen-bond donors (Lipinski definition) is 3. The van der Waals surface area contributed by atoms with E-state index < -0.39 is 24.0 Å². The number of carbonyl (C=O) groups is 3. The monoisotopic (exact) mass is 464 g/mol. The maximum absolute atomic E-state index is 13.5. The molecule has 1 aromatic heterocycles. The van der Waals surface area contributed by atoms with Crippen molar-refractivity contribution in [2.75, 3.05) is 5.32 Å². The highest BCUT2D eigenvalue weighted by atomic mass is 35.5. The molecule has 2 amide bonds. The number of halogens is 5. The molecule has 2 heterocycles. The molecule has 0 unspecified atom stereocenters. The molecule has 1 aliphatic rings. The number of rotatable bonds is 4. The van der Waals surface area contributed by atoms with Crippen molar-refractivity contribution < 1.29 is 37.1 Å². The number of amides is 2. The highest BCUT2D eigenvalue weighted by molar-refractivity contribution is 6.30. The number of nitrogens with one attached hydrogen (secondary N) is 2. The molecule has 0 radical (unpaired) electrons. The number of carboxylic acids is 1. The van der Waals surface area contributed by atoms with Crippen LogP contribution in [0, 0.1) is 5.82 Å². The molecule has 1 aliphatic heterocycles. The minimum atomic E-state index is -5.08. The molecular formula is C18H17ClF4N4O4. The van der Waals surface area contributed by atoms with Gasteiger partial charge in [-0.1, -0.05) is 17.7 Å². The van der Waals surface area contributed by atoms with Crippen LogP contribution in [0.25, 0.3) is 0 Å². The topological polar surface area (TPSA) is 113 Å². The first-order valence-electron chi connectivity index (χ1n) is 8.83. The number of anilines is 1. The molecular weight excluding hydrogens is 448 g/mol. The van der Waals surface area contributed by atoms with Crippen molar-refractivity contribution in [3.8, 4) is 0 Å². The van der Waals surface area contributed by atoms with Crippen LogP contribution < -0.4 is 10.6 Å². The third-order valence-corrected chi connectivity index (χ3v) is 4.38. The van der Waals surface area contributed by atoms with Crippen molar-refractivity contribution in [2.45, 2.75) is 38.0 Å². The number of aromatic nitrogens is 2. The number of piperidine rings is 1. The number of carbonyl (C=O) groups excluding carboxylic acids is 2. The summed E-state index contributed by atoms with van der Waals surface area (Å²) in [6.07, 6.45) is -1.80. The molecule has 1 saturated heterocycles. The number of alkyl halides is 3. The molecule has 13 heteroatoms. The SMILES string of the molecule is O=C(O)C(F)(F)F.O=C1CCC[C@H](C(=O)Nc2ccnn2Cc2ccc(Cl)c(F)c2)N1. The zero-order chi connectivity index (χ0) is 23.2. The Kier molecular flexibility index (Phi) is 7.97. The minimum absolute atomic E-state index is 0.0563. The van der Waals surface area contributed by atoms with Crippen LogP contribution in [0.5, 0.6) is 0 Å². The summed E-state index contributed by atoms with van der Waals surface area (Å²) in [5.41, 5.74) is 0.669. The quantitative estimate of drug-likeness (QED) is 0.602. The van der Waals surface area contributed by atoms with Gasteiger partial charge in [-0.25, -0.2) is 13.9 Å². The number of nitrogens with zero attached hydrogens (tertiary/aromatic N) is 2. The summed E-state index contributed by atoms with van der Waals surface area (Å²) in [6.45, 7) is 0.285. The molecule has 8 nitrogen and oxygen atoms in total. The standard InChI is InChI=1S/C16H16ClFN4O2.C2HF3O2/c17-11-5-4-10(8-12(11)18)9-22-14(6-7-19-22)21-16(24)13-2-1-3-15(23)20-13;3-2(4,5)1(6)7/h4-8,13H,1-3,9H2,(H,20,23)(H,21,24);(H,6,7)/t13-;/m1./s1. The fourth-order valence-corrected chi connectivity index (χ4v) is 2.71. The zero-order valence-corrected chi connectivity index (χ0v) is 16.5. The van der Waals surface area contributed by atoms with Gasteiger partial charge in [-0.2, -0.15) is 18.3 Å². The second-order valence-corrected chi connectivity index (χ2v) is 6.83. The highest BCUT2D eigenvalue weighted by Gasteiger charge is 2.38. The summed E-state index contributed by atoms with van der Waals surface area (Å²) in [5.74, 6) is -3.18. The summed E-state index contributed by atoms with van der Waals surface area (Å²) in [4.78, 5) is 32.6. The van der Waals surface area contributed by atoms with Gasteiger partial charge in [0.2, 0.25) is 11.8 Å². The second-order valence-electron chi connectivity index (χ2n) is 6.43. The fraction of sp³-hybridized carbons (Fsp3) is 0.333. The van der Waals surface area contributed by atoms with Gasteiger partial charge < -0.3 is 15.7 Å². The van der Waals surface area contributed by atoms with Gasteiger partial charge in [-0.15, -0.1) is 0 Å². The normalized spacial score (nSPS) is 16.0. The summed E-state index contributed by atoms with van der Waals surface area (Å²) in [7, 11) is 0. The van der Waals surface area contributed by atoms with Gasteiger partial charge in [-0.05, 0) is 30.5 Å². The van der Waals surface area contributed by atoms with Crippen molar-refractivity contribution in [1.29, 1.82) is 0 Å². The summed E-state index contributed by atoms with van der Waals surface area (Å²) >= 11 is 5.67. The lowest BCUT2D eigenvalue weighted by molar-refractivity contribution is -0.192. The number of hydrogen-bond acceptors (Lipinski definition) is 4. The third kappa shape index (κ3) is 7.24. The Balaban J connectivity index is 0.000000423. The van der Waals surface area contributed by atoms with Gasteiger partial charge in [-0.3, -0.25) is 9.59 Å². The average molecular weight is 465 g/mol. The molecule has 3 rings (SSSR count). The van der Waals surface area contributed by atoms with E-state index in [0.29, 0.717) is 30.6 Å². The lowest BCUT2D eigenvalue weighted by atomic mass is 10.0. The van der Waals surface area contributed by atoms with Crippen LogP contribution in [0.3, 0.4) is 0 Å². The predicted molar refractivity (Wildman–Crippen MR) is 101 cm³/mol. The van der Waals surface area contributed by atoms with E-state index in [4.69, 9.17) is 21.5 Å². The van der Waals surface area contributed by atoms with Crippen molar-refractivity contribution in [2.24, 2.45) is 0 Å². The summed E-state index contributed by atoms with van der Waals surface area (Å²) < 4.78 is 46.8. The van der Waals surface area contributed by atoms with E-state index in [-0.39, 0.29) is 23.4 Å². The first-order chi connectivity index (χ1) is 14.5. The molecule has 0 aliphatic carbocycles. The van der Waals surface area contributed by atoms with E-state index >= 15 is 0 Å². The van der Waals surface area contributed by atoms with Crippen LogP contribution in [-0.2, 0) is 20.9 Å². The first-order valence-corrected chi connectivity index (χ1v) is 9.21. The molecule has 0 bridgehead atoms. The minimum Gasteiger partial charge on any atom is -0.475 e. The Labute approximate surface area is 178 Å². The van der Waals surface area contributed by atoms with E-state index in [2.05, 4.69) is 15.7 Å². The number of carboxylic acid groups (broad SMARTS) is 1. The van der Waals surface area contributed by atoms with Crippen molar-refractivity contribution >= 4 is 35.2 Å². The third-order valence-electron chi connectivity index (χ3n) is 4.08. The summed E-state index contributed by atoms with van der Waals surface area (Å²) in [6, 6.07) is 5.61. The van der Waals surface area contributed by atoms with Crippen molar-refractivity contribution in [3.63, 3.8) is 0 Å². The van der Waals surface area contributed by atoms with Crippen LogP contribution in [-0.4, -0.2) is 44.9 Å². The molecule has 3 N–H and O–H groups in total. The maximum atomic E-state index is 13.5. The smallest absolute Gasteiger partial charge is 0.475 e. The lowest BCUT2D eigenvalue weighted by Gasteiger charge is -2.22. The van der Waals surface area contributed by atoms with Gasteiger partial charge in [0.1, 0.15) is 17.7 Å². The molecule has 0 spiro atoms. The maximum Gasteiger partial charge on any atom is 0.490 e. The van der Waals surface area contributed by atoms with Gasteiger partial charge in [0.15, 0.2) is 0 Å². The van der Waals surface area contributed by atoms with E-state index in [1.54, 1.807) is 23.0 Å². The molecule has 168 valence electrons. The Morgan fingerprint density at radius 1 is 1.32 bits per heavy atom. The average Bonchev–Trinajstić information content (AvgIpc) is 3.11. The summed E-state index contributed by atoms with van der Waals surface area (Å²) in [5, 5.41) is 16.7. The first kappa shape index (κ1) is 24.1. The van der Waals surface area contributed by atoms with Crippen molar-refractivity contribution in [3.05, 3.63) is 46.9 Å². The highest BCUT2D eigenvalue weighted by Crippen LogP contribution is 2.18. The molecule has 31 heavy (non-hydrogen) atoms. The van der Waals surface area contributed by atoms with Crippen LogP contribution >= 0.6 is 11.6 Å². The lowest BCUT2D eigenvalue weighted by Crippen LogP contribution is -2.46. The predicted octanol–water partition coefficient (Wildman–Crippen LogP) is 2.96. The Bertz CT molecular complexity index is 964. The molecule has 1 aromatic carbocycles. The largest absolute Gasteiger partial charge is 0.490 e. The van der Waals surface area contributed by atoms with E-state index in [0.717, 1.165) is 0 Å². The fourth-order valence-electron chi connectivity index (χ4n) is 2.59. The second kappa shape index (κ2) is 10.2. The van der Waals surface area contributed by atoms with Gasteiger partial charge in [0.25, 0.3) is 0 Å². The molecule has 0 saturated carbocycles. The van der Waals surface area contributed by atoms with Crippen LogP contribution in [0.15, 0.2) is 30.5 Å². The van der Waals surface area contributed by atoms with E-state index in [9.17, 15) is 27.2 Å². The Hall–Kier alpha value is -3.15. The van der Waals surface area contributed by atoms with Gasteiger partial charge >= 0.3 is 12.1 Å². The Morgan fingerprint density at radius 3 is 2.58 bits per heavy atom. The zero-order valence-electron chi connectivity index (χ0n) is 15.7. The van der Waals surface area contributed by atoms with Crippen LogP contribution in [0.1, 0.15) is 24.8 Å². The number of benzene rings is 1. The van der Waals surface area contributed by atoms with Crippen LogP contribution in [0.2, 0.25) is 5.02 Å². The van der Waals surface area contributed by atoms with E-state index in [1.165, 1.54) is 12.1 Å². The van der Waals surface area contributed by atoms with E-state index in [1.807, 2.05) is 0 Å². The molecule has 1 fully saturated rings.